The number of carbonyl (C=O) groups excluding carboxylic acids is 1. The van der Waals surface area contributed by atoms with E-state index < -0.39 is 0 Å². The Labute approximate surface area is 116 Å². The van der Waals surface area contributed by atoms with E-state index >= 15 is 0 Å². The van der Waals surface area contributed by atoms with E-state index in [0.29, 0.717) is 6.54 Å². The second kappa shape index (κ2) is 7.22. The van der Waals surface area contributed by atoms with E-state index in [9.17, 15) is 4.79 Å². The second-order valence-electron chi connectivity index (χ2n) is 5.76. The molecular weight excluding hydrogens is 242 g/mol. The minimum absolute atomic E-state index is 0.194. The fourth-order valence-corrected chi connectivity index (χ4v) is 3.31. The fraction of sp³-hybridized carbons (Fsp3) is 0.929. The molecule has 0 bridgehead atoms. The summed E-state index contributed by atoms with van der Waals surface area (Å²) in [5.41, 5.74) is 5.70. The van der Waals surface area contributed by atoms with Gasteiger partial charge in [-0.05, 0) is 57.8 Å². The van der Waals surface area contributed by atoms with Gasteiger partial charge in [-0.15, -0.1) is 0 Å². The highest BCUT2D eigenvalue weighted by molar-refractivity contribution is 5.75. The quantitative estimate of drug-likeness (QED) is 0.727. The van der Waals surface area contributed by atoms with Gasteiger partial charge in [0.2, 0.25) is 0 Å². The third-order valence-corrected chi connectivity index (χ3v) is 4.50. The number of methoxy groups -OCH3 is 1. The highest BCUT2D eigenvalue weighted by Gasteiger charge is 2.30. The lowest BCUT2D eigenvalue weighted by molar-refractivity contribution is -0.147. The Bertz CT molecular complexity index is 284. The summed E-state index contributed by atoms with van der Waals surface area (Å²) in [7, 11) is 1.44. The number of carbonyl (C=O) groups is 1. The first kappa shape index (κ1) is 14.8. The van der Waals surface area contributed by atoms with Gasteiger partial charge in [0.15, 0.2) is 0 Å². The lowest BCUT2D eigenvalue weighted by Crippen LogP contribution is -2.50. The Hall–Kier alpha value is -0.650. The lowest BCUT2D eigenvalue weighted by Gasteiger charge is -2.36. The topological polar surface area (TPSA) is 58.8 Å². The molecule has 19 heavy (non-hydrogen) atoms. The molecule has 5 nitrogen and oxygen atoms in total. The van der Waals surface area contributed by atoms with Gasteiger partial charge < -0.3 is 15.4 Å². The predicted molar refractivity (Wildman–Crippen MR) is 74.8 cm³/mol. The van der Waals surface area contributed by atoms with Crippen LogP contribution in [0, 0.1) is 5.92 Å². The van der Waals surface area contributed by atoms with E-state index in [0.717, 1.165) is 19.0 Å². The molecule has 2 fully saturated rings. The summed E-state index contributed by atoms with van der Waals surface area (Å²) in [6.45, 7) is 6.06. The molecule has 0 spiro atoms. The molecule has 2 aliphatic heterocycles. The monoisotopic (exact) mass is 269 g/mol. The van der Waals surface area contributed by atoms with Crippen LogP contribution in [-0.4, -0.2) is 68.2 Å². The van der Waals surface area contributed by atoms with Crippen LogP contribution in [-0.2, 0) is 9.53 Å². The normalized spacial score (nSPS) is 24.5. The molecule has 0 amide bonds. The first-order valence-electron chi connectivity index (χ1n) is 7.49. The van der Waals surface area contributed by atoms with Gasteiger partial charge in [-0.2, -0.15) is 0 Å². The van der Waals surface area contributed by atoms with Gasteiger partial charge >= 0.3 is 5.97 Å². The summed E-state index contributed by atoms with van der Waals surface area (Å²) < 4.78 is 4.82. The van der Waals surface area contributed by atoms with Crippen LogP contribution in [0.5, 0.6) is 0 Å². The molecule has 2 N–H and O–H groups in total. The van der Waals surface area contributed by atoms with Gasteiger partial charge in [0, 0.05) is 13.1 Å². The van der Waals surface area contributed by atoms with Gasteiger partial charge in [0.1, 0.15) is 6.04 Å². The highest BCUT2D eigenvalue weighted by Crippen LogP contribution is 2.22. The van der Waals surface area contributed by atoms with Crippen molar-refractivity contribution < 1.29 is 9.53 Å². The summed E-state index contributed by atoms with van der Waals surface area (Å²) in [5, 5.41) is 0. The first-order valence-corrected chi connectivity index (χ1v) is 7.49. The molecule has 0 aromatic heterocycles. The van der Waals surface area contributed by atoms with Crippen molar-refractivity contribution in [2.45, 2.75) is 31.7 Å². The summed E-state index contributed by atoms with van der Waals surface area (Å²) >= 11 is 0. The molecule has 0 aromatic carbocycles. The third-order valence-electron chi connectivity index (χ3n) is 4.50. The molecule has 110 valence electrons. The predicted octanol–water partition coefficient (Wildman–Crippen LogP) is 0.295. The van der Waals surface area contributed by atoms with E-state index in [1.807, 2.05) is 0 Å². The summed E-state index contributed by atoms with van der Waals surface area (Å²) in [6.07, 6.45) is 5.06. The van der Waals surface area contributed by atoms with Crippen LogP contribution in [0.25, 0.3) is 0 Å². The van der Waals surface area contributed by atoms with E-state index in [4.69, 9.17) is 10.5 Å². The summed E-state index contributed by atoms with van der Waals surface area (Å²) in [6, 6.07) is -0.252. The van der Waals surface area contributed by atoms with Crippen LogP contribution in [0.4, 0.5) is 0 Å². The van der Waals surface area contributed by atoms with Crippen molar-refractivity contribution in [3.63, 3.8) is 0 Å². The van der Waals surface area contributed by atoms with Crippen molar-refractivity contribution >= 4 is 5.97 Å². The van der Waals surface area contributed by atoms with Gasteiger partial charge in [-0.1, -0.05) is 0 Å². The second-order valence-corrected chi connectivity index (χ2v) is 5.76. The Morgan fingerprint density at radius 3 is 2.42 bits per heavy atom. The SMILES string of the molecule is COC(=O)C(CN)N1CCC(CN2CCCC2)CC1. The van der Waals surface area contributed by atoms with Crippen molar-refractivity contribution in [2.24, 2.45) is 11.7 Å². The number of piperidine rings is 1. The number of esters is 1. The molecule has 5 heteroatoms. The van der Waals surface area contributed by atoms with Crippen LogP contribution < -0.4 is 5.73 Å². The van der Waals surface area contributed by atoms with Gasteiger partial charge in [0.05, 0.1) is 7.11 Å². The number of hydrogen-bond donors (Lipinski definition) is 1. The van der Waals surface area contributed by atoms with Crippen LogP contribution in [0.2, 0.25) is 0 Å². The molecule has 0 aromatic rings. The molecule has 0 saturated carbocycles. The molecule has 2 saturated heterocycles. The van der Waals surface area contributed by atoms with E-state index in [2.05, 4.69) is 9.80 Å². The van der Waals surface area contributed by atoms with Crippen molar-refractivity contribution in [2.75, 3.05) is 46.4 Å². The molecule has 0 radical (unpaired) electrons. The molecule has 0 aliphatic carbocycles. The minimum atomic E-state index is -0.252. The minimum Gasteiger partial charge on any atom is -0.468 e. The van der Waals surface area contributed by atoms with Crippen LogP contribution in [0.3, 0.4) is 0 Å². The maximum Gasteiger partial charge on any atom is 0.324 e. The third kappa shape index (κ3) is 3.91. The average Bonchev–Trinajstić information content (AvgIpc) is 2.94. The zero-order valence-corrected chi connectivity index (χ0v) is 12.0. The summed E-state index contributed by atoms with van der Waals surface area (Å²) in [5.74, 6) is 0.589. The maximum absolute atomic E-state index is 11.7. The van der Waals surface area contributed by atoms with Crippen LogP contribution >= 0.6 is 0 Å². The van der Waals surface area contributed by atoms with Gasteiger partial charge in [0.25, 0.3) is 0 Å². The zero-order chi connectivity index (χ0) is 13.7. The van der Waals surface area contributed by atoms with E-state index in [1.54, 1.807) is 0 Å². The van der Waals surface area contributed by atoms with Crippen LogP contribution in [0.15, 0.2) is 0 Å². The smallest absolute Gasteiger partial charge is 0.324 e. The standard InChI is InChI=1S/C14H27N3O2/c1-19-14(18)13(10-15)17-8-4-12(5-9-17)11-16-6-2-3-7-16/h12-13H,2-11,15H2,1H3. The molecule has 1 atom stereocenters. The number of nitrogens with two attached hydrogens (primary N) is 1. The van der Waals surface area contributed by atoms with Crippen molar-refractivity contribution in [3.8, 4) is 0 Å². The number of rotatable bonds is 5. The van der Waals surface area contributed by atoms with Crippen LogP contribution in [0.1, 0.15) is 25.7 Å². The number of ether oxygens (including phenoxy) is 1. The first-order chi connectivity index (χ1) is 9.24. The number of hydrogen-bond acceptors (Lipinski definition) is 5. The maximum atomic E-state index is 11.7. The molecule has 2 heterocycles. The van der Waals surface area contributed by atoms with Gasteiger partial charge in [-0.25, -0.2) is 0 Å². The Kier molecular flexibility index (Phi) is 5.60. The number of nitrogens with zero attached hydrogens (tertiary/aromatic N) is 2. The average molecular weight is 269 g/mol. The van der Waals surface area contributed by atoms with Gasteiger partial charge in [-0.3, -0.25) is 9.69 Å². The van der Waals surface area contributed by atoms with Crippen molar-refractivity contribution in [1.82, 2.24) is 9.80 Å². The summed E-state index contributed by atoms with van der Waals surface area (Å²) in [4.78, 5) is 16.4. The Morgan fingerprint density at radius 2 is 1.89 bits per heavy atom. The zero-order valence-electron chi connectivity index (χ0n) is 12.0. The molecule has 2 rings (SSSR count). The Morgan fingerprint density at radius 1 is 1.26 bits per heavy atom. The molecule has 1 unspecified atom stereocenters. The highest BCUT2D eigenvalue weighted by atomic mass is 16.5. The van der Waals surface area contributed by atoms with Crippen molar-refractivity contribution in [3.05, 3.63) is 0 Å². The Balaban J connectivity index is 1.76. The largest absolute Gasteiger partial charge is 0.468 e. The molecule has 2 aliphatic rings. The van der Waals surface area contributed by atoms with E-state index in [1.165, 1.54) is 52.4 Å². The molecular formula is C14H27N3O2. The van der Waals surface area contributed by atoms with Crippen molar-refractivity contribution in [1.29, 1.82) is 0 Å². The fourth-order valence-electron chi connectivity index (χ4n) is 3.31. The van der Waals surface area contributed by atoms with E-state index in [-0.39, 0.29) is 12.0 Å². The number of likely N-dealkylation sites (tertiary alicyclic amines) is 2. The lowest BCUT2D eigenvalue weighted by atomic mass is 9.95.